The third kappa shape index (κ3) is 5.42. The molecule has 2 heterocycles. The van der Waals surface area contributed by atoms with Gasteiger partial charge < -0.3 is 9.64 Å². The summed E-state index contributed by atoms with van der Waals surface area (Å²) in [5, 5.41) is 6.20. The van der Waals surface area contributed by atoms with Crippen molar-refractivity contribution in [1.29, 1.82) is 0 Å². The molecule has 0 amide bonds. The summed E-state index contributed by atoms with van der Waals surface area (Å²) >= 11 is 0. The molecule has 1 aliphatic heterocycles. The van der Waals surface area contributed by atoms with E-state index in [1.54, 1.807) is 0 Å². The van der Waals surface area contributed by atoms with Crippen LogP contribution >= 0.6 is 0 Å². The SMILES string of the molecule is Cn1c(=O)cnn(CCCCN2CCN(c3cc(OCCF)cc4ccccc34)CC2)c1=O. The number of unbranched alkanes of at least 4 members (excludes halogenated alkanes) is 1. The second kappa shape index (κ2) is 10.6. The monoisotopic (exact) mass is 455 g/mol. The molecule has 2 aromatic carbocycles. The first kappa shape index (κ1) is 23.0. The average Bonchev–Trinajstić information content (AvgIpc) is 2.85. The summed E-state index contributed by atoms with van der Waals surface area (Å²) in [4.78, 5) is 28.3. The van der Waals surface area contributed by atoms with Crippen LogP contribution in [-0.4, -0.2) is 65.3 Å². The number of ether oxygens (including phenoxy) is 1. The van der Waals surface area contributed by atoms with Gasteiger partial charge in [-0.1, -0.05) is 24.3 Å². The van der Waals surface area contributed by atoms with E-state index in [9.17, 15) is 14.0 Å². The first-order valence-electron chi connectivity index (χ1n) is 11.4. The molecule has 3 aromatic rings. The number of piperazine rings is 1. The van der Waals surface area contributed by atoms with Crippen LogP contribution in [0.25, 0.3) is 10.8 Å². The minimum atomic E-state index is -0.506. The van der Waals surface area contributed by atoms with Crippen LogP contribution in [0.3, 0.4) is 0 Å². The average molecular weight is 456 g/mol. The van der Waals surface area contributed by atoms with E-state index in [1.165, 1.54) is 23.3 Å². The molecule has 0 saturated carbocycles. The van der Waals surface area contributed by atoms with Crippen LogP contribution in [0.1, 0.15) is 12.8 Å². The number of fused-ring (bicyclic) bond motifs is 1. The van der Waals surface area contributed by atoms with Gasteiger partial charge in [0.2, 0.25) is 0 Å². The number of halogens is 1. The Balaban J connectivity index is 1.32. The predicted molar refractivity (Wildman–Crippen MR) is 127 cm³/mol. The highest BCUT2D eigenvalue weighted by Crippen LogP contribution is 2.32. The largest absolute Gasteiger partial charge is 0.491 e. The third-order valence-corrected chi connectivity index (χ3v) is 6.11. The van der Waals surface area contributed by atoms with Crippen molar-refractivity contribution in [2.75, 3.05) is 50.9 Å². The van der Waals surface area contributed by atoms with E-state index in [0.29, 0.717) is 12.3 Å². The minimum Gasteiger partial charge on any atom is -0.491 e. The van der Waals surface area contributed by atoms with Gasteiger partial charge in [0.25, 0.3) is 5.56 Å². The number of benzene rings is 2. The predicted octanol–water partition coefficient (Wildman–Crippen LogP) is 2.05. The fourth-order valence-corrected chi connectivity index (χ4v) is 4.25. The second-order valence-electron chi connectivity index (χ2n) is 8.28. The van der Waals surface area contributed by atoms with Crippen LogP contribution in [0.2, 0.25) is 0 Å². The van der Waals surface area contributed by atoms with E-state index >= 15 is 0 Å². The van der Waals surface area contributed by atoms with E-state index in [-0.39, 0.29) is 17.9 Å². The van der Waals surface area contributed by atoms with Crippen molar-refractivity contribution < 1.29 is 9.13 Å². The molecule has 1 aromatic heterocycles. The molecule has 1 fully saturated rings. The van der Waals surface area contributed by atoms with Crippen molar-refractivity contribution in [3.63, 3.8) is 0 Å². The highest BCUT2D eigenvalue weighted by atomic mass is 19.1. The van der Waals surface area contributed by atoms with Gasteiger partial charge >= 0.3 is 5.69 Å². The van der Waals surface area contributed by atoms with E-state index in [1.807, 2.05) is 24.3 Å². The Morgan fingerprint density at radius 3 is 2.58 bits per heavy atom. The highest BCUT2D eigenvalue weighted by molar-refractivity contribution is 5.95. The summed E-state index contributed by atoms with van der Waals surface area (Å²) in [5.74, 6) is 0.700. The fourth-order valence-electron chi connectivity index (χ4n) is 4.25. The van der Waals surface area contributed by atoms with E-state index in [0.717, 1.165) is 61.2 Å². The van der Waals surface area contributed by atoms with Crippen molar-refractivity contribution in [3.05, 3.63) is 63.4 Å². The Hall–Kier alpha value is -3.20. The Morgan fingerprint density at radius 1 is 1.03 bits per heavy atom. The van der Waals surface area contributed by atoms with Crippen LogP contribution in [0.4, 0.5) is 10.1 Å². The molecule has 0 atom stereocenters. The lowest BCUT2D eigenvalue weighted by Crippen LogP contribution is -2.46. The molecule has 1 saturated heterocycles. The van der Waals surface area contributed by atoms with Crippen molar-refractivity contribution in [2.45, 2.75) is 19.4 Å². The first-order chi connectivity index (χ1) is 16.1. The van der Waals surface area contributed by atoms with Crippen LogP contribution in [0.15, 0.2) is 52.2 Å². The standard InChI is InChI=1S/C24H30FN5O3/c1-27-23(31)18-26-30(24(27)32)10-5-4-9-28-11-13-29(14-12-28)22-17-20(33-15-8-25)16-19-6-2-3-7-21(19)22/h2-3,6-7,16-18H,4-5,8-15H2,1H3. The Kier molecular flexibility index (Phi) is 7.39. The quantitative estimate of drug-likeness (QED) is 0.460. The maximum absolute atomic E-state index is 12.6. The van der Waals surface area contributed by atoms with Gasteiger partial charge in [-0.15, -0.1) is 0 Å². The lowest BCUT2D eigenvalue weighted by molar-refractivity contribution is 0.250. The van der Waals surface area contributed by atoms with Gasteiger partial charge in [0.1, 0.15) is 25.2 Å². The molecular formula is C24H30FN5O3. The zero-order valence-corrected chi connectivity index (χ0v) is 19.0. The van der Waals surface area contributed by atoms with Gasteiger partial charge in [0.15, 0.2) is 0 Å². The van der Waals surface area contributed by atoms with Gasteiger partial charge in [-0.2, -0.15) is 5.10 Å². The molecule has 0 radical (unpaired) electrons. The molecule has 9 heteroatoms. The van der Waals surface area contributed by atoms with Crippen molar-refractivity contribution in [2.24, 2.45) is 7.05 Å². The molecule has 0 bridgehead atoms. The van der Waals surface area contributed by atoms with Crippen molar-refractivity contribution in [1.82, 2.24) is 19.2 Å². The van der Waals surface area contributed by atoms with Crippen molar-refractivity contribution in [3.8, 4) is 5.75 Å². The maximum atomic E-state index is 12.6. The molecule has 1 aliphatic rings. The number of hydrogen-bond donors (Lipinski definition) is 0. The molecule has 33 heavy (non-hydrogen) atoms. The number of aryl methyl sites for hydroxylation is 1. The van der Waals surface area contributed by atoms with Crippen LogP contribution < -0.4 is 20.9 Å². The molecule has 4 rings (SSSR count). The molecular weight excluding hydrogens is 425 g/mol. The number of nitrogens with zero attached hydrogens (tertiary/aromatic N) is 5. The second-order valence-corrected chi connectivity index (χ2v) is 8.28. The number of rotatable bonds is 9. The molecule has 0 aliphatic carbocycles. The Bertz CT molecular complexity index is 1200. The van der Waals surface area contributed by atoms with Gasteiger partial charge in [-0.05, 0) is 30.8 Å². The van der Waals surface area contributed by atoms with Gasteiger partial charge in [-0.25, -0.2) is 13.9 Å². The Morgan fingerprint density at radius 2 is 1.79 bits per heavy atom. The third-order valence-electron chi connectivity index (χ3n) is 6.11. The number of alkyl halides is 1. The molecule has 0 unspecified atom stereocenters. The zero-order valence-electron chi connectivity index (χ0n) is 19.0. The lowest BCUT2D eigenvalue weighted by atomic mass is 10.1. The van der Waals surface area contributed by atoms with Gasteiger partial charge in [0, 0.05) is 56.9 Å². The lowest BCUT2D eigenvalue weighted by Gasteiger charge is -2.36. The molecule has 0 N–H and O–H groups in total. The van der Waals surface area contributed by atoms with Gasteiger partial charge in [0.05, 0.1) is 0 Å². The number of hydrogen-bond acceptors (Lipinski definition) is 6. The van der Waals surface area contributed by atoms with Gasteiger partial charge in [-0.3, -0.25) is 14.3 Å². The molecule has 0 spiro atoms. The summed E-state index contributed by atoms with van der Waals surface area (Å²) in [6, 6.07) is 12.2. The van der Waals surface area contributed by atoms with E-state index < -0.39 is 6.67 Å². The first-order valence-corrected chi connectivity index (χ1v) is 11.4. The van der Waals surface area contributed by atoms with E-state index in [2.05, 4.69) is 27.0 Å². The Labute approximate surface area is 191 Å². The topological polar surface area (TPSA) is 72.6 Å². The van der Waals surface area contributed by atoms with Crippen LogP contribution in [-0.2, 0) is 13.6 Å². The molecule has 176 valence electrons. The summed E-state index contributed by atoms with van der Waals surface area (Å²) < 4.78 is 20.6. The highest BCUT2D eigenvalue weighted by Gasteiger charge is 2.19. The normalized spacial score (nSPS) is 14.7. The summed E-state index contributed by atoms with van der Waals surface area (Å²) in [6.07, 6.45) is 2.96. The maximum Gasteiger partial charge on any atom is 0.347 e. The smallest absolute Gasteiger partial charge is 0.347 e. The minimum absolute atomic E-state index is 0.0620. The van der Waals surface area contributed by atoms with Crippen LogP contribution in [0, 0.1) is 0 Å². The summed E-state index contributed by atoms with van der Waals surface area (Å²) in [5.41, 5.74) is 0.365. The van der Waals surface area contributed by atoms with E-state index in [4.69, 9.17) is 4.74 Å². The number of aromatic nitrogens is 3. The van der Waals surface area contributed by atoms with Crippen LogP contribution in [0.5, 0.6) is 5.75 Å². The summed E-state index contributed by atoms with van der Waals surface area (Å²) in [6.45, 7) is 4.71. The summed E-state index contributed by atoms with van der Waals surface area (Å²) in [7, 11) is 1.47. The van der Waals surface area contributed by atoms with Crippen molar-refractivity contribution >= 4 is 16.5 Å². The number of anilines is 1. The zero-order chi connectivity index (χ0) is 23.2. The fraction of sp³-hybridized carbons (Fsp3) is 0.458. The molecule has 8 nitrogen and oxygen atoms in total.